The molecule has 0 amide bonds. The van der Waals surface area contributed by atoms with Crippen molar-refractivity contribution >= 4 is 0 Å². The Morgan fingerprint density at radius 2 is 2.06 bits per heavy atom. The van der Waals surface area contributed by atoms with Crippen LogP contribution in [0.3, 0.4) is 0 Å². The van der Waals surface area contributed by atoms with Crippen LogP contribution in [-0.4, -0.2) is 18.2 Å². The van der Waals surface area contributed by atoms with E-state index in [0.29, 0.717) is 12.1 Å². The van der Waals surface area contributed by atoms with Crippen LogP contribution in [0.2, 0.25) is 0 Å². The van der Waals surface area contributed by atoms with Gasteiger partial charge in [0, 0.05) is 13.0 Å². The number of hydrogen-bond donors (Lipinski definition) is 2. The Morgan fingerprint density at radius 3 is 2.69 bits per heavy atom. The minimum absolute atomic E-state index is 0.294. The third-order valence-corrected chi connectivity index (χ3v) is 2.27. The maximum atomic E-state index is 12.6. The predicted molar refractivity (Wildman–Crippen MR) is 62.3 cm³/mol. The van der Waals surface area contributed by atoms with Gasteiger partial charge in [-0.1, -0.05) is 12.1 Å². The van der Waals surface area contributed by atoms with Crippen LogP contribution in [0.15, 0.2) is 24.3 Å². The molecule has 1 aromatic rings. The SMILES string of the molecule is C#CCCCNCC(O)c1ccc(F)cc1. The second kappa shape index (κ2) is 7.00. The number of aliphatic hydroxyl groups excluding tert-OH is 1. The lowest BCUT2D eigenvalue weighted by molar-refractivity contribution is 0.175. The lowest BCUT2D eigenvalue weighted by Gasteiger charge is -2.11. The summed E-state index contributed by atoms with van der Waals surface area (Å²) in [6, 6.07) is 5.86. The summed E-state index contributed by atoms with van der Waals surface area (Å²) in [6.45, 7) is 1.23. The van der Waals surface area contributed by atoms with Gasteiger partial charge in [0.05, 0.1) is 6.10 Å². The summed E-state index contributed by atoms with van der Waals surface area (Å²) in [6.07, 6.45) is 6.14. The van der Waals surface area contributed by atoms with E-state index in [0.717, 1.165) is 19.4 Å². The van der Waals surface area contributed by atoms with Crippen molar-refractivity contribution < 1.29 is 9.50 Å². The fourth-order valence-corrected chi connectivity index (χ4v) is 1.36. The Bertz CT molecular complexity index is 342. The van der Waals surface area contributed by atoms with E-state index in [1.54, 1.807) is 12.1 Å². The van der Waals surface area contributed by atoms with Crippen molar-refractivity contribution in [1.82, 2.24) is 5.32 Å². The van der Waals surface area contributed by atoms with Crippen LogP contribution >= 0.6 is 0 Å². The number of halogens is 1. The van der Waals surface area contributed by atoms with Crippen LogP contribution in [-0.2, 0) is 0 Å². The van der Waals surface area contributed by atoms with E-state index in [2.05, 4.69) is 11.2 Å². The summed E-state index contributed by atoms with van der Waals surface area (Å²) in [5.74, 6) is 2.26. The minimum Gasteiger partial charge on any atom is -0.387 e. The maximum absolute atomic E-state index is 12.6. The lowest BCUT2D eigenvalue weighted by atomic mass is 10.1. The monoisotopic (exact) mass is 221 g/mol. The van der Waals surface area contributed by atoms with Gasteiger partial charge in [-0.25, -0.2) is 4.39 Å². The molecule has 0 aromatic heterocycles. The summed E-state index contributed by atoms with van der Waals surface area (Å²) >= 11 is 0. The fourth-order valence-electron chi connectivity index (χ4n) is 1.36. The molecule has 16 heavy (non-hydrogen) atoms. The van der Waals surface area contributed by atoms with E-state index in [4.69, 9.17) is 6.42 Å². The topological polar surface area (TPSA) is 32.3 Å². The van der Waals surface area contributed by atoms with E-state index in [9.17, 15) is 9.50 Å². The molecule has 0 radical (unpaired) electrons. The second-order valence-corrected chi connectivity index (χ2v) is 3.58. The van der Waals surface area contributed by atoms with Gasteiger partial charge in [-0.2, -0.15) is 0 Å². The molecule has 2 N–H and O–H groups in total. The van der Waals surface area contributed by atoms with Crippen molar-refractivity contribution in [3.05, 3.63) is 35.6 Å². The second-order valence-electron chi connectivity index (χ2n) is 3.58. The molecule has 1 unspecified atom stereocenters. The number of nitrogens with one attached hydrogen (secondary N) is 1. The van der Waals surface area contributed by atoms with Crippen molar-refractivity contribution in [2.75, 3.05) is 13.1 Å². The van der Waals surface area contributed by atoms with Crippen LogP contribution in [0, 0.1) is 18.2 Å². The Hall–Kier alpha value is -1.37. The first kappa shape index (κ1) is 12.7. The molecule has 0 spiro atoms. The van der Waals surface area contributed by atoms with Crippen LogP contribution < -0.4 is 5.32 Å². The number of unbranched alkanes of at least 4 members (excludes halogenated alkanes) is 1. The molecule has 0 aliphatic rings. The van der Waals surface area contributed by atoms with Crippen LogP contribution in [0.4, 0.5) is 4.39 Å². The molecule has 1 aromatic carbocycles. The zero-order valence-electron chi connectivity index (χ0n) is 9.12. The van der Waals surface area contributed by atoms with Crippen molar-refractivity contribution in [3.8, 4) is 12.3 Å². The number of aliphatic hydroxyl groups is 1. The molecule has 0 bridgehead atoms. The first-order valence-corrected chi connectivity index (χ1v) is 5.31. The normalized spacial score (nSPS) is 12.1. The van der Waals surface area contributed by atoms with Gasteiger partial charge in [-0.05, 0) is 30.7 Å². The van der Waals surface area contributed by atoms with E-state index in [1.807, 2.05) is 0 Å². The van der Waals surface area contributed by atoms with E-state index >= 15 is 0 Å². The van der Waals surface area contributed by atoms with Gasteiger partial charge in [0.2, 0.25) is 0 Å². The van der Waals surface area contributed by atoms with E-state index in [-0.39, 0.29) is 5.82 Å². The maximum Gasteiger partial charge on any atom is 0.123 e. The third kappa shape index (κ3) is 4.43. The number of hydrogen-bond acceptors (Lipinski definition) is 2. The third-order valence-electron chi connectivity index (χ3n) is 2.27. The average molecular weight is 221 g/mol. The highest BCUT2D eigenvalue weighted by Crippen LogP contribution is 2.12. The van der Waals surface area contributed by atoms with Crippen molar-refractivity contribution in [2.45, 2.75) is 18.9 Å². The molecule has 0 aliphatic heterocycles. The summed E-state index contributed by atoms with van der Waals surface area (Å²) in [7, 11) is 0. The fraction of sp³-hybridized carbons (Fsp3) is 0.385. The zero-order chi connectivity index (χ0) is 11.8. The minimum atomic E-state index is -0.605. The summed E-state index contributed by atoms with van der Waals surface area (Å²) in [5.41, 5.74) is 0.714. The molecule has 0 saturated heterocycles. The quantitative estimate of drug-likeness (QED) is 0.567. The Kier molecular flexibility index (Phi) is 5.55. The van der Waals surface area contributed by atoms with Gasteiger partial charge in [-0.3, -0.25) is 0 Å². The van der Waals surface area contributed by atoms with Crippen molar-refractivity contribution in [1.29, 1.82) is 0 Å². The predicted octanol–water partition coefficient (Wildman–Crippen LogP) is 1.86. The van der Waals surface area contributed by atoms with Crippen LogP contribution in [0.25, 0.3) is 0 Å². The van der Waals surface area contributed by atoms with E-state index in [1.165, 1.54) is 12.1 Å². The van der Waals surface area contributed by atoms with Gasteiger partial charge in [-0.15, -0.1) is 12.3 Å². The summed E-state index contributed by atoms with van der Waals surface area (Å²) in [5, 5.41) is 12.8. The molecule has 0 heterocycles. The average Bonchev–Trinajstić information content (AvgIpc) is 2.29. The summed E-state index contributed by atoms with van der Waals surface area (Å²) < 4.78 is 12.6. The van der Waals surface area contributed by atoms with Gasteiger partial charge < -0.3 is 10.4 Å². The zero-order valence-corrected chi connectivity index (χ0v) is 9.12. The van der Waals surface area contributed by atoms with Gasteiger partial charge >= 0.3 is 0 Å². The molecule has 1 rings (SSSR count). The standard InChI is InChI=1S/C13H16FNO/c1-2-3-4-9-15-10-13(16)11-5-7-12(14)8-6-11/h1,5-8,13,15-16H,3-4,9-10H2. The highest BCUT2D eigenvalue weighted by molar-refractivity contribution is 5.18. The van der Waals surface area contributed by atoms with Crippen LogP contribution in [0.1, 0.15) is 24.5 Å². The van der Waals surface area contributed by atoms with E-state index < -0.39 is 6.10 Å². The van der Waals surface area contributed by atoms with Gasteiger partial charge in [0.1, 0.15) is 5.82 Å². The molecular weight excluding hydrogens is 205 g/mol. The highest BCUT2D eigenvalue weighted by Gasteiger charge is 2.06. The number of terminal acetylenes is 1. The highest BCUT2D eigenvalue weighted by atomic mass is 19.1. The van der Waals surface area contributed by atoms with Crippen LogP contribution in [0.5, 0.6) is 0 Å². The molecule has 86 valence electrons. The molecule has 1 atom stereocenters. The Morgan fingerprint density at radius 1 is 1.38 bits per heavy atom. The molecule has 2 nitrogen and oxygen atoms in total. The Balaban J connectivity index is 2.27. The first-order valence-electron chi connectivity index (χ1n) is 5.31. The molecule has 3 heteroatoms. The molecule has 0 saturated carbocycles. The largest absolute Gasteiger partial charge is 0.387 e. The number of rotatable bonds is 6. The molecule has 0 fully saturated rings. The Labute approximate surface area is 95.5 Å². The molecular formula is C13H16FNO. The summed E-state index contributed by atoms with van der Waals surface area (Å²) in [4.78, 5) is 0. The number of benzene rings is 1. The first-order chi connectivity index (χ1) is 7.74. The van der Waals surface area contributed by atoms with Crippen molar-refractivity contribution in [2.24, 2.45) is 0 Å². The van der Waals surface area contributed by atoms with Crippen molar-refractivity contribution in [3.63, 3.8) is 0 Å². The van der Waals surface area contributed by atoms with Gasteiger partial charge in [0.15, 0.2) is 0 Å². The molecule has 0 aliphatic carbocycles. The van der Waals surface area contributed by atoms with Gasteiger partial charge in [0.25, 0.3) is 0 Å². The smallest absolute Gasteiger partial charge is 0.123 e. The lowest BCUT2D eigenvalue weighted by Crippen LogP contribution is -2.22.